The molecule has 0 saturated heterocycles. The van der Waals surface area contributed by atoms with Crippen molar-refractivity contribution in [2.24, 2.45) is 5.92 Å². The highest BCUT2D eigenvalue weighted by Crippen LogP contribution is 2.35. The largest absolute Gasteiger partial charge is 0.493 e. The van der Waals surface area contributed by atoms with E-state index in [9.17, 15) is 4.79 Å². The standard InChI is InChI=1S/C16H18ClN3O3/c1-22-14-4-2-3-11-7-12(10-23-15(11)14)16(21)18-5-6-20-9-13(17)8-19-20/h2-4,8-9,12H,5-7,10H2,1H3,(H,18,21)/t12-/m1/s1. The lowest BCUT2D eigenvalue weighted by Gasteiger charge is -2.25. The van der Waals surface area contributed by atoms with Crippen LogP contribution in [0.25, 0.3) is 0 Å². The third-order valence-corrected chi connectivity index (χ3v) is 3.98. The maximum atomic E-state index is 12.3. The highest BCUT2D eigenvalue weighted by atomic mass is 35.5. The van der Waals surface area contributed by atoms with E-state index in [1.807, 2.05) is 18.2 Å². The van der Waals surface area contributed by atoms with Gasteiger partial charge in [-0.05, 0) is 18.1 Å². The number of hydrogen-bond acceptors (Lipinski definition) is 4. The first-order valence-electron chi connectivity index (χ1n) is 7.41. The zero-order valence-electron chi connectivity index (χ0n) is 12.8. The van der Waals surface area contributed by atoms with Crippen molar-refractivity contribution < 1.29 is 14.3 Å². The Morgan fingerprint density at radius 3 is 3.17 bits per heavy atom. The molecule has 0 radical (unpaired) electrons. The summed E-state index contributed by atoms with van der Waals surface area (Å²) in [4.78, 5) is 12.3. The molecule has 1 amide bonds. The molecule has 23 heavy (non-hydrogen) atoms. The van der Waals surface area contributed by atoms with Gasteiger partial charge in [0.15, 0.2) is 11.5 Å². The fourth-order valence-corrected chi connectivity index (χ4v) is 2.78. The molecule has 3 rings (SSSR count). The van der Waals surface area contributed by atoms with Crippen LogP contribution < -0.4 is 14.8 Å². The van der Waals surface area contributed by atoms with Gasteiger partial charge in [-0.15, -0.1) is 0 Å². The summed E-state index contributed by atoms with van der Waals surface area (Å²) in [5.41, 5.74) is 0.995. The fourth-order valence-electron chi connectivity index (χ4n) is 2.62. The summed E-state index contributed by atoms with van der Waals surface area (Å²) in [5.74, 6) is 1.23. The van der Waals surface area contributed by atoms with Crippen LogP contribution in [0.4, 0.5) is 0 Å². The third-order valence-electron chi connectivity index (χ3n) is 3.79. The summed E-state index contributed by atoms with van der Waals surface area (Å²) >= 11 is 5.80. The van der Waals surface area contributed by atoms with E-state index in [1.165, 1.54) is 0 Å². The van der Waals surface area contributed by atoms with E-state index in [0.717, 1.165) is 11.3 Å². The lowest BCUT2D eigenvalue weighted by Crippen LogP contribution is -2.38. The van der Waals surface area contributed by atoms with Gasteiger partial charge in [0, 0.05) is 12.7 Å². The number of aromatic nitrogens is 2. The Morgan fingerprint density at radius 2 is 2.43 bits per heavy atom. The molecule has 0 aliphatic carbocycles. The van der Waals surface area contributed by atoms with Crippen LogP contribution in [0, 0.1) is 5.92 Å². The van der Waals surface area contributed by atoms with Crippen molar-refractivity contribution in [3.05, 3.63) is 41.2 Å². The van der Waals surface area contributed by atoms with Crippen molar-refractivity contribution in [2.75, 3.05) is 20.3 Å². The predicted molar refractivity (Wildman–Crippen MR) is 85.9 cm³/mol. The van der Waals surface area contributed by atoms with Gasteiger partial charge in [0.05, 0.1) is 30.8 Å². The number of nitrogens with one attached hydrogen (secondary N) is 1. The van der Waals surface area contributed by atoms with Crippen molar-refractivity contribution in [3.63, 3.8) is 0 Å². The maximum Gasteiger partial charge on any atom is 0.226 e. The van der Waals surface area contributed by atoms with Gasteiger partial charge in [-0.1, -0.05) is 23.7 Å². The summed E-state index contributed by atoms with van der Waals surface area (Å²) < 4.78 is 12.7. The number of ether oxygens (including phenoxy) is 2. The molecule has 0 saturated carbocycles. The quantitative estimate of drug-likeness (QED) is 0.906. The molecular weight excluding hydrogens is 318 g/mol. The van der Waals surface area contributed by atoms with E-state index in [4.69, 9.17) is 21.1 Å². The average molecular weight is 336 g/mol. The molecule has 0 bridgehead atoms. The topological polar surface area (TPSA) is 65.4 Å². The number of amides is 1. The predicted octanol–water partition coefficient (Wildman–Crippen LogP) is 1.91. The summed E-state index contributed by atoms with van der Waals surface area (Å²) in [5, 5.41) is 7.57. The molecular formula is C16H18ClN3O3. The highest BCUT2D eigenvalue weighted by Gasteiger charge is 2.27. The number of benzene rings is 1. The van der Waals surface area contributed by atoms with E-state index >= 15 is 0 Å². The van der Waals surface area contributed by atoms with Crippen LogP contribution in [-0.4, -0.2) is 35.9 Å². The molecule has 0 unspecified atom stereocenters. The van der Waals surface area contributed by atoms with Gasteiger partial charge in [0.1, 0.15) is 6.61 Å². The molecule has 1 N–H and O–H groups in total. The minimum absolute atomic E-state index is 0.0169. The normalized spacial score (nSPS) is 16.3. The number of hydrogen-bond donors (Lipinski definition) is 1. The van der Waals surface area contributed by atoms with Gasteiger partial charge in [-0.2, -0.15) is 5.10 Å². The molecule has 122 valence electrons. The number of rotatable bonds is 5. The second-order valence-electron chi connectivity index (χ2n) is 5.37. The van der Waals surface area contributed by atoms with E-state index in [1.54, 1.807) is 24.2 Å². The Labute approximate surface area is 139 Å². The van der Waals surface area contributed by atoms with Gasteiger partial charge in [-0.25, -0.2) is 0 Å². The molecule has 6 nitrogen and oxygen atoms in total. The highest BCUT2D eigenvalue weighted by molar-refractivity contribution is 6.30. The van der Waals surface area contributed by atoms with Crippen molar-refractivity contribution in [3.8, 4) is 11.5 Å². The second-order valence-corrected chi connectivity index (χ2v) is 5.81. The monoisotopic (exact) mass is 335 g/mol. The van der Waals surface area contributed by atoms with Crippen molar-refractivity contribution >= 4 is 17.5 Å². The number of carbonyl (C=O) groups is 1. The van der Waals surface area contributed by atoms with Crippen LogP contribution >= 0.6 is 11.6 Å². The second kappa shape index (κ2) is 6.91. The van der Waals surface area contributed by atoms with Crippen LogP contribution in [-0.2, 0) is 17.8 Å². The van der Waals surface area contributed by atoms with Gasteiger partial charge >= 0.3 is 0 Å². The van der Waals surface area contributed by atoms with E-state index in [0.29, 0.717) is 36.9 Å². The van der Waals surface area contributed by atoms with Gasteiger partial charge in [0.2, 0.25) is 5.91 Å². The van der Waals surface area contributed by atoms with E-state index in [2.05, 4.69) is 10.4 Å². The maximum absolute atomic E-state index is 12.3. The molecule has 1 aliphatic rings. The summed E-state index contributed by atoms with van der Waals surface area (Å²) in [6.07, 6.45) is 3.94. The van der Waals surface area contributed by atoms with Crippen molar-refractivity contribution in [1.82, 2.24) is 15.1 Å². The Bertz CT molecular complexity index is 702. The molecule has 0 fully saturated rings. The smallest absolute Gasteiger partial charge is 0.226 e. The number of halogens is 1. The van der Waals surface area contributed by atoms with Crippen LogP contribution in [0.5, 0.6) is 11.5 Å². The Kier molecular flexibility index (Phi) is 4.71. The van der Waals surface area contributed by atoms with Gasteiger partial charge in [0.25, 0.3) is 0 Å². The van der Waals surface area contributed by atoms with Gasteiger partial charge < -0.3 is 14.8 Å². The fraction of sp³-hybridized carbons (Fsp3) is 0.375. The first-order chi connectivity index (χ1) is 11.2. The Hall–Kier alpha value is -2.21. The van der Waals surface area contributed by atoms with Crippen LogP contribution in [0.15, 0.2) is 30.6 Å². The summed E-state index contributed by atoms with van der Waals surface area (Å²) in [7, 11) is 1.61. The number of nitrogens with zero attached hydrogens (tertiary/aromatic N) is 2. The molecule has 1 aliphatic heterocycles. The molecule has 2 heterocycles. The zero-order valence-corrected chi connectivity index (χ0v) is 13.5. The number of methoxy groups -OCH3 is 1. The third kappa shape index (κ3) is 3.59. The average Bonchev–Trinajstić information content (AvgIpc) is 2.99. The van der Waals surface area contributed by atoms with Crippen LogP contribution in [0.2, 0.25) is 5.02 Å². The van der Waals surface area contributed by atoms with Crippen LogP contribution in [0.1, 0.15) is 5.56 Å². The molecule has 1 aromatic carbocycles. The SMILES string of the molecule is COc1cccc2c1OC[C@H](C(=O)NCCn1cc(Cl)cn1)C2. The van der Waals surface area contributed by atoms with E-state index < -0.39 is 0 Å². The number of fused-ring (bicyclic) bond motifs is 1. The van der Waals surface area contributed by atoms with Crippen LogP contribution in [0.3, 0.4) is 0 Å². The first kappa shape index (κ1) is 15.7. The van der Waals surface area contributed by atoms with E-state index in [-0.39, 0.29) is 11.8 Å². The number of carbonyl (C=O) groups excluding carboxylic acids is 1. The Balaban J connectivity index is 1.54. The summed E-state index contributed by atoms with van der Waals surface area (Å²) in [6.45, 7) is 1.43. The van der Waals surface area contributed by atoms with Crippen molar-refractivity contribution in [2.45, 2.75) is 13.0 Å². The first-order valence-corrected chi connectivity index (χ1v) is 7.79. The number of para-hydroxylation sites is 1. The summed E-state index contributed by atoms with van der Waals surface area (Å²) in [6, 6.07) is 5.72. The zero-order chi connectivity index (χ0) is 16.2. The lowest BCUT2D eigenvalue weighted by molar-refractivity contribution is -0.126. The minimum Gasteiger partial charge on any atom is -0.493 e. The van der Waals surface area contributed by atoms with Crippen molar-refractivity contribution in [1.29, 1.82) is 0 Å². The molecule has 1 aromatic heterocycles. The minimum atomic E-state index is -0.198. The lowest BCUT2D eigenvalue weighted by atomic mass is 9.95. The molecule has 7 heteroatoms. The molecule has 0 spiro atoms. The molecule has 2 aromatic rings. The molecule has 1 atom stereocenters. The van der Waals surface area contributed by atoms with Gasteiger partial charge in [-0.3, -0.25) is 9.48 Å². The Morgan fingerprint density at radius 1 is 1.57 bits per heavy atom.